The van der Waals surface area contributed by atoms with Crippen LogP contribution in [0.25, 0.3) is 0 Å². The molecular formula is C16H16ClNO2. The number of methoxy groups -OCH3 is 1. The molecular weight excluding hydrogens is 274 g/mol. The molecule has 0 heterocycles. The third kappa shape index (κ3) is 3.31. The molecule has 104 valence electrons. The van der Waals surface area contributed by atoms with Gasteiger partial charge in [0.25, 0.3) is 5.91 Å². The minimum Gasteiger partial charge on any atom is -0.497 e. The Balaban J connectivity index is 2.13. The molecule has 2 aromatic rings. The number of carbonyl (C=O) groups is 1. The van der Waals surface area contributed by atoms with Crippen molar-refractivity contribution in [2.24, 2.45) is 0 Å². The van der Waals surface area contributed by atoms with Gasteiger partial charge in [-0.1, -0.05) is 35.9 Å². The summed E-state index contributed by atoms with van der Waals surface area (Å²) >= 11 is 6.02. The maximum atomic E-state index is 12.2. The molecule has 0 aliphatic rings. The monoisotopic (exact) mass is 289 g/mol. The van der Waals surface area contributed by atoms with Gasteiger partial charge in [0, 0.05) is 0 Å². The number of rotatable bonds is 4. The summed E-state index contributed by atoms with van der Waals surface area (Å²) in [6.07, 6.45) is 0. The highest BCUT2D eigenvalue weighted by atomic mass is 35.5. The van der Waals surface area contributed by atoms with E-state index in [0.29, 0.717) is 10.6 Å². The van der Waals surface area contributed by atoms with Crippen LogP contribution in [0.5, 0.6) is 5.75 Å². The molecule has 0 saturated heterocycles. The van der Waals surface area contributed by atoms with Crippen LogP contribution in [-0.2, 0) is 0 Å². The van der Waals surface area contributed by atoms with Crippen LogP contribution in [0, 0.1) is 0 Å². The highest BCUT2D eigenvalue weighted by molar-refractivity contribution is 6.33. The summed E-state index contributed by atoms with van der Waals surface area (Å²) in [6, 6.07) is 14.5. The molecule has 20 heavy (non-hydrogen) atoms. The second-order valence-electron chi connectivity index (χ2n) is 4.45. The van der Waals surface area contributed by atoms with Crippen molar-refractivity contribution >= 4 is 17.5 Å². The minimum atomic E-state index is -0.189. The van der Waals surface area contributed by atoms with Crippen molar-refractivity contribution < 1.29 is 9.53 Å². The van der Waals surface area contributed by atoms with Gasteiger partial charge in [-0.2, -0.15) is 0 Å². The summed E-state index contributed by atoms with van der Waals surface area (Å²) in [4.78, 5) is 12.2. The maximum absolute atomic E-state index is 12.2. The van der Waals surface area contributed by atoms with Crippen molar-refractivity contribution in [2.45, 2.75) is 13.0 Å². The largest absolute Gasteiger partial charge is 0.497 e. The van der Waals surface area contributed by atoms with Crippen LogP contribution in [0.15, 0.2) is 48.5 Å². The Hall–Kier alpha value is -2.00. The van der Waals surface area contributed by atoms with Crippen molar-refractivity contribution in [1.29, 1.82) is 0 Å². The average molecular weight is 290 g/mol. The molecule has 0 aliphatic carbocycles. The van der Waals surface area contributed by atoms with E-state index in [-0.39, 0.29) is 11.9 Å². The first-order valence-electron chi connectivity index (χ1n) is 6.31. The van der Waals surface area contributed by atoms with Gasteiger partial charge in [-0.25, -0.2) is 0 Å². The van der Waals surface area contributed by atoms with E-state index in [9.17, 15) is 4.79 Å². The summed E-state index contributed by atoms with van der Waals surface area (Å²) in [5.74, 6) is 0.576. The van der Waals surface area contributed by atoms with Crippen LogP contribution in [0.3, 0.4) is 0 Å². The predicted octanol–water partition coefficient (Wildman–Crippen LogP) is 3.84. The highest BCUT2D eigenvalue weighted by Gasteiger charge is 2.14. The Labute approximate surface area is 123 Å². The van der Waals surface area contributed by atoms with Crippen LogP contribution >= 0.6 is 11.6 Å². The molecule has 0 aliphatic heterocycles. The quantitative estimate of drug-likeness (QED) is 0.929. The van der Waals surface area contributed by atoms with Crippen LogP contribution < -0.4 is 10.1 Å². The molecule has 2 aromatic carbocycles. The topological polar surface area (TPSA) is 38.3 Å². The van der Waals surface area contributed by atoms with Crippen LogP contribution in [0.4, 0.5) is 0 Å². The summed E-state index contributed by atoms with van der Waals surface area (Å²) in [6.45, 7) is 1.92. The standard InChI is InChI=1S/C16H16ClNO2/c1-11(12-6-5-7-13(10-12)20-2)18-16(19)14-8-3-4-9-15(14)17/h3-11H,1-2H3,(H,18,19). The number of benzene rings is 2. The Bertz CT molecular complexity index is 613. The Kier molecular flexibility index (Phi) is 4.64. The minimum absolute atomic E-state index is 0.131. The molecule has 0 radical (unpaired) electrons. The van der Waals surface area contributed by atoms with E-state index in [1.165, 1.54) is 0 Å². The van der Waals surface area contributed by atoms with Crippen molar-refractivity contribution in [1.82, 2.24) is 5.32 Å². The first-order valence-corrected chi connectivity index (χ1v) is 6.69. The number of carbonyl (C=O) groups excluding carboxylic acids is 1. The number of halogens is 1. The fraction of sp³-hybridized carbons (Fsp3) is 0.188. The fourth-order valence-electron chi connectivity index (χ4n) is 1.91. The number of amides is 1. The zero-order valence-electron chi connectivity index (χ0n) is 11.4. The van der Waals surface area contributed by atoms with Crippen LogP contribution in [0.1, 0.15) is 28.9 Å². The smallest absolute Gasteiger partial charge is 0.253 e. The summed E-state index contributed by atoms with van der Waals surface area (Å²) in [5, 5.41) is 3.37. The SMILES string of the molecule is COc1cccc(C(C)NC(=O)c2ccccc2Cl)c1. The average Bonchev–Trinajstić information content (AvgIpc) is 2.47. The van der Waals surface area contributed by atoms with Gasteiger partial charge in [0.05, 0.1) is 23.7 Å². The number of ether oxygens (including phenoxy) is 1. The molecule has 3 nitrogen and oxygen atoms in total. The molecule has 4 heteroatoms. The van der Waals surface area contributed by atoms with Gasteiger partial charge >= 0.3 is 0 Å². The molecule has 1 amide bonds. The van der Waals surface area contributed by atoms with E-state index in [2.05, 4.69) is 5.32 Å². The molecule has 0 bridgehead atoms. The molecule has 0 fully saturated rings. The Morgan fingerprint density at radius 3 is 2.65 bits per heavy atom. The van der Waals surface area contributed by atoms with Crippen LogP contribution in [0.2, 0.25) is 5.02 Å². The third-order valence-electron chi connectivity index (χ3n) is 3.06. The Morgan fingerprint density at radius 1 is 1.20 bits per heavy atom. The highest BCUT2D eigenvalue weighted by Crippen LogP contribution is 2.20. The molecule has 0 saturated carbocycles. The second kappa shape index (κ2) is 6.44. The van der Waals surface area contributed by atoms with Gasteiger partial charge in [-0.05, 0) is 36.8 Å². The summed E-state index contributed by atoms with van der Waals surface area (Å²) in [7, 11) is 1.62. The number of hydrogen-bond acceptors (Lipinski definition) is 2. The first kappa shape index (κ1) is 14.4. The van der Waals surface area contributed by atoms with Crippen molar-refractivity contribution in [3.8, 4) is 5.75 Å². The van der Waals surface area contributed by atoms with E-state index in [1.807, 2.05) is 31.2 Å². The van der Waals surface area contributed by atoms with Crippen molar-refractivity contribution in [3.05, 3.63) is 64.7 Å². The van der Waals surface area contributed by atoms with E-state index in [4.69, 9.17) is 16.3 Å². The molecule has 0 aromatic heterocycles. The molecule has 1 atom stereocenters. The molecule has 1 unspecified atom stereocenters. The normalized spacial score (nSPS) is 11.8. The van der Waals surface area contributed by atoms with E-state index >= 15 is 0 Å². The Morgan fingerprint density at radius 2 is 1.95 bits per heavy atom. The third-order valence-corrected chi connectivity index (χ3v) is 3.39. The van der Waals surface area contributed by atoms with E-state index in [0.717, 1.165) is 11.3 Å². The fourth-order valence-corrected chi connectivity index (χ4v) is 2.14. The van der Waals surface area contributed by atoms with Crippen LogP contribution in [-0.4, -0.2) is 13.0 Å². The zero-order valence-corrected chi connectivity index (χ0v) is 12.1. The van der Waals surface area contributed by atoms with Crippen molar-refractivity contribution in [2.75, 3.05) is 7.11 Å². The van der Waals surface area contributed by atoms with E-state index in [1.54, 1.807) is 31.4 Å². The lowest BCUT2D eigenvalue weighted by Gasteiger charge is -2.15. The zero-order chi connectivity index (χ0) is 14.5. The molecule has 1 N–H and O–H groups in total. The van der Waals surface area contributed by atoms with Gasteiger partial charge in [0.1, 0.15) is 5.75 Å². The first-order chi connectivity index (χ1) is 9.61. The van der Waals surface area contributed by atoms with Gasteiger partial charge < -0.3 is 10.1 Å². The lowest BCUT2D eigenvalue weighted by atomic mass is 10.1. The van der Waals surface area contributed by atoms with Gasteiger partial charge in [0.2, 0.25) is 0 Å². The van der Waals surface area contributed by atoms with Gasteiger partial charge in [0.15, 0.2) is 0 Å². The predicted molar refractivity (Wildman–Crippen MR) is 80.3 cm³/mol. The van der Waals surface area contributed by atoms with Gasteiger partial charge in [-0.15, -0.1) is 0 Å². The number of hydrogen-bond donors (Lipinski definition) is 1. The maximum Gasteiger partial charge on any atom is 0.253 e. The summed E-state index contributed by atoms with van der Waals surface area (Å²) in [5.41, 5.74) is 1.45. The molecule has 0 spiro atoms. The van der Waals surface area contributed by atoms with E-state index < -0.39 is 0 Å². The lowest BCUT2D eigenvalue weighted by molar-refractivity contribution is 0.0940. The lowest BCUT2D eigenvalue weighted by Crippen LogP contribution is -2.26. The second-order valence-corrected chi connectivity index (χ2v) is 4.86. The van der Waals surface area contributed by atoms with Crippen molar-refractivity contribution in [3.63, 3.8) is 0 Å². The van der Waals surface area contributed by atoms with Gasteiger partial charge in [-0.3, -0.25) is 4.79 Å². The summed E-state index contributed by atoms with van der Waals surface area (Å²) < 4.78 is 5.18. The number of nitrogens with one attached hydrogen (secondary N) is 1. The molecule has 2 rings (SSSR count).